The van der Waals surface area contributed by atoms with Gasteiger partial charge in [-0.3, -0.25) is 0 Å². The van der Waals surface area contributed by atoms with E-state index in [1.54, 1.807) is 19.2 Å². The van der Waals surface area contributed by atoms with Crippen LogP contribution in [0.1, 0.15) is 25.7 Å². The Labute approximate surface area is 118 Å². The third kappa shape index (κ3) is 3.10. The Hall–Kier alpha value is -1.62. The fourth-order valence-corrected chi connectivity index (χ4v) is 2.78. The van der Waals surface area contributed by atoms with Crippen LogP contribution in [0.3, 0.4) is 0 Å². The number of anilines is 1. The van der Waals surface area contributed by atoms with Crippen molar-refractivity contribution in [2.75, 3.05) is 19.5 Å². The maximum Gasteiger partial charge on any atom is 0.331 e. The number of benzene rings is 1. The van der Waals surface area contributed by atoms with E-state index in [0.717, 1.165) is 12.8 Å². The van der Waals surface area contributed by atoms with Crippen molar-refractivity contribution in [2.45, 2.75) is 37.3 Å². The molecular weight excluding hydrogens is 261 g/mol. The molecule has 1 N–H and O–H groups in total. The van der Waals surface area contributed by atoms with Gasteiger partial charge in [-0.25, -0.2) is 9.18 Å². The molecule has 1 aromatic rings. The number of rotatable bonds is 4. The smallest absolute Gasteiger partial charge is 0.331 e. The molecule has 0 saturated heterocycles. The number of nitrogens with one attached hydrogen (secondary N) is 1. The lowest BCUT2D eigenvalue weighted by molar-refractivity contribution is -0.149. The highest BCUT2D eigenvalue weighted by atomic mass is 19.1. The van der Waals surface area contributed by atoms with E-state index in [2.05, 4.69) is 5.32 Å². The van der Waals surface area contributed by atoms with Crippen molar-refractivity contribution in [3.05, 3.63) is 30.1 Å². The maximum absolute atomic E-state index is 13.0. The van der Waals surface area contributed by atoms with Crippen LogP contribution in [-0.4, -0.2) is 31.8 Å². The van der Waals surface area contributed by atoms with Crippen LogP contribution in [0.25, 0.3) is 0 Å². The van der Waals surface area contributed by atoms with Crippen LogP contribution in [0.2, 0.25) is 0 Å². The number of carbonyl (C=O) groups excluding carboxylic acids is 1. The molecule has 0 spiro atoms. The molecule has 0 radical (unpaired) electrons. The zero-order valence-electron chi connectivity index (χ0n) is 11.8. The van der Waals surface area contributed by atoms with Crippen molar-refractivity contribution < 1.29 is 18.7 Å². The first-order valence-electron chi connectivity index (χ1n) is 6.74. The van der Waals surface area contributed by atoms with Gasteiger partial charge in [0.25, 0.3) is 0 Å². The molecule has 1 fully saturated rings. The zero-order chi connectivity index (χ0) is 14.6. The van der Waals surface area contributed by atoms with Crippen LogP contribution in [0, 0.1) is 5.82 Å². The first kappa shape index (κ1) is 14.8. The molecule has 2 atom stereocenters. The Balaban J connectivity index is 2.22. The largest absolute Gasteiger partial charge is 0.467 e. The predicted molar refractivity (Wildman–Crippen MR) is 74.0 cm³/mol. The Morgan fingerprint density at radius 2 is 2.05 bits per heavy atom. The molecule has 1 aliphatic carbocycles. The average Bonchev–Trinajstić information content (AvgIpc) is 2.49. The summed E-state index contributed by atoms with van der Waals surface area (Å²) in [7, 11) is 3.03. The van der Waals surface area contributed by atoms with Gasteiger partial charge in [-0.2, -0.15) is 0 Å². The molecule has 1 aliphatic rings. The summed E-state index contributed by atoms with van der Waals surface area (Å²) in [5.74, 6) is -0.607. The van der Waals surface area contributed by atoms with Gasteiger partial charge >= 0.3 is 5.97 Å². The highest BCUT2D eigenvalue weighted by Gasteiger charge is 2.44. The summed E-state index contributed by atoms with van der Waals surface area (Å²) in [6, 6.07) is 5.97. The monoisotopic (exact) mass is 281 g/mol. The molecular formula is C15H20FNO3. The second kappa shape index (κ2) is 6.22. The van der Waals surface area contributed by atoms with E-state index in [0.29, 0.717) is 18.5 Å². The van der Waals surface area contributed by atoms with Crippen molar-refractivity contribution in [3.63, 3.8) is 0 Å². The topological polar surface area (TPSA) is 47.6 Å². The fourth-order valence-electron chi connectivity index (χ4n) is 2.78. The number of carbonyl (C=O) groups is 1. The van der Waals surface area contributed by atoms with E-state index in [1.807, 2.05) is 0 Å². The standard InChI is InChI=1S/C15H20FNO3/c1-19-13-4-3-9-15(10-13,14(18)20-2)17-12-7-5-11(16)6-8-12/h5-8,13,17H,3-4,9-10H2,1-2H3. The highest BCUT2D eigenvalue weighted by molar-refractivity contribution is 5.84. The van der Waals surface area contributed by atoms with Crippen molar-refractivity contribution in [1.82, 2.24) is 0 Å². The molecule has 110 valence electrons. The predicted octanol–water partition coefficient (Wildman–Crippen LogP) is 2.74. The van der Waals surface area contributed by atoms with Gasteiger partial charge in [-0.05, 0) is 43.5 Å². The minimum Gasteiger partial charge on any atom is -0.467 e. The first-order valence-corrected chi connectivity index (χ1v) is 6.74. The molecule has 4 nitrogen and oxygen atoms in total. The van der Waals surface area contributed by atoms with E-state index in [1.165, 1.54) is 19.2 Å². The number of hydrogen-bond acceptors (Lipinski definition) is 4. The summed E-state index contributed by atoms with van der Waals surface area (Å²) in [6.07, 6.45) is 3.06. The van der Waals surface area contributed by atoms with Crippen LogP contribution in [0.5, 0.6) is 0 Å². The third-order valence-electron chi connectivity index (χ3n) is 3.84. The van der Waals surface area contributed by atoms with Crippen LogP contribution in [0.15, 0.2) is 24.3 Å². The molecule has 0 aliphatic heterocycles. The molecule has 0 heterocycles. The lowest BCUT2D eigenvalue weighted by atomic mass is 9.79. The van der Waals surface area contributed by atoms with Gasteiger partial charge in [0, 0.05) is 19.2 Å². The van der Waals surface area contributed by atoms with Gasteiger partial charge in [-0.1, -0.05) is 0 Å². The van der Waals surface area contributed by atoms with Crippen LogP contribution >= 0.6 is 0 Å². The molecule has 1 aromatic carbocycles. The molecule has 0 aromatic heterocycles. The summed E-state index contributed by atoms with van der Waals surface area (Å²) in [4.78, 5) is 12.2. The van der Waals surface area contributed by atoms with E-state index in [-0.39, 0.29) is 17.9 Å². The van der Waals surface area contributed by atoms with Crippen molar-refractivity contribution in [2.24, 2.45) is 0 Å². The normalized spacial score (nSPS) is 26.1. The van der Waals surface area contributed by atoms with Gasteiger partial charge in [0.1, 0.15) is 11.4 Å². The molecule has 5 heteroatoms. The quantitative estimate of drug-likeness (QED) is 0.862. The lowest BCUT2D eigenvalue weighted by Crippen LogP contribution is -2.52. The number of esters is 1. The number of methoxy groups -OCH3 is 2. The lowest BCUT2D eigenvalue weighted by Gasteiger charge is -2.39. The van der Waals surface area contributed by atoms with Gasteiger partial charge in [0.05, 0.1) is 13.2 Å². The van der Waals surface area contributed by atoms with Crippen molar-refractivity contribution in [3.8, 4) is 0 Å². The fraction of sp³-hybridized carbons (Fsp3) is 0.533. The van der Waals surface area contributed by atoms with E-state index < -0.39 is 5.54 Å². The molecule has 0 amide bonds. The summed E-state index contributed by atoms with van der Waals surface area (Å²) in [5.41, 5.74) is -0.0977. The van der Waals surface area contributed by atoms with Gasteiger partial charge < -0.3 is 14.8 Å². The number of halogens is 1. The molecule has 2 unspecified atom stereocenters. The summed E-state index contributed by atoms with van der Waals surface area (Å²) in [5, 5.41) is 3.22. The van der Waals surface area contributed by atoms with Crippen LogP contribution in [-0.2, 0) is 14.3 Å². The molecule has 0 bridgehead atoms. The van der Waals surface area contributed by atoms with E-state index in [4.69, 9.17) is 9.47 Å². The maximum atomic E-state index is 13.0. The second-order valence-corrected chi connectivity index (χ2v) is 5.16. The summed E-state index contributed by atoms with van der Waals surface area (Å²) >= 11 is 0. The Morgan fingerprint density at radius 1 is 1.35 bits per heavy atom. The summed E-state index contributed by atoms with van der Waals surface area (Å²) in [6.45, 7) is 0. The van der Waals surface area contributed by atoms with Crippen molar-refractivity contribution >= 4 is 11.7 Å². The third-order valence-corrected chi connectivity index (χ3v) is 3.84. The minimum absolute atomic E-state index is 0.0239. The molecule has 20 heavy (non-hydrogen) atoms. The average molecular weight is 281 g/mol. The number of ether oxygens (including phenoxy) is 2. The Morgan fingerprint density at radius 3 is 2.65 bits per heavy atom. The van der Waals surface area contributed by atoms with E-state index in [9.17, 15) is 9.18 Å². The Kier molecular flexibility index (Phi) is 4.60. The van der Waals surface area contributed by atoms with Crippen molar-refractivity contribution in [1.29, 1.82) is 0 Å². The SMILES string of the molecule is COC(=O)C1(Nc2ccc(F)cc2)CCCC(OC)C1. The minimum atomic E-state index is -0.800. The molecule has 2 rings (SSSR count). The van der Waals surface area contributed by atoms with Crippen LogP contribution in [0.4, 0.5) is 10.1 Å². The second-order valence-electron chi connectivity index (χ2n) is 5.16. The first-order chi connectivity index (χ1) is 9.59. The van der Waals surface area contributed by atoms with Gasteiger partial charge in [0.2, 0.25) is 0 Å². The van der Waals surface area contributed by atoms with Gasteiger partial charge in [0.15, 0.2) is 0 Å². The zero-order valence-corrected chi connectivity index (χ0v) is 11.8. The van der Waals surface area contributed by atoms with Gasteiger partial charge in [-0.15, -0.1) is 0 Å². The van der Waals surface area contributed by atoms with Crippen LogP contribution < -0.4 is 5.32 Å². The van der Waals surface area contributed by atoms with E-state index >= 15 is 0 Å². The highest BCUT2D eigenvalue weighted by Crippen LogP contribution is 2.34. The number of hydrogen-bond donors (Lipinski definition) is 1. The summed E-state index contributed by atoms with van der Waals surface area (Å²) < 4.78 is 23.3. The Bertz CT molecular complexity index is 463. The molecule has 1 saturated carbocycles.